The van der Waals surface area contributed by atoms with Gasteiger partial charge in [-0.1, -0.05) is 53.0 Å². The highest BCUT2D eigenvalue weighted by Crippen LogP contribution is 2.38. The zero-order valence-electron chi connectivity index (χ0n) is 19.1. The van der Waals surface area contributed by atoms with Gasteiger partial charge in [-0.05, 0) is 54.1 Å². The molecule has 0 bridgehead atoms. The molecule has 2 heterocycles. The summed E-state index contributed by atoms with van der Waals surface area (Å²) in [5.41, 5.74) is 3.70. The lowest BCUT2D eigenvalue weighted by Crippen LogP contribution is -2.47. The van der Waals surface area contributed by atoms with Crippen LogP contribution in [0.1, 0.15) is 38.0 Å². The van der Waals surface area contributed by atoms with Gasteiger partial charge in [-0.2, -0.15) is 0 Å². The maximum Gasteiger partial charge on any atom is 0.255 e. The summed E-state index contributed by atoms with van der Waals surface area (Å²) in [6.45, 7) is 3.15. The Kier molecular flexibility index (Phi) is 7.94. The zero-order chi connectivity index (χ0) is 24.2. The third-order valence-corrected chi connectivity index (χ3v) is 7.56. The molecular weight excluding hydrogens is 491 g/mol. The summed E-state index contributed by atoms with van der Waals surface area (Å²) in [4.78, 5) is 31.7. The van der Waals surface area contributed by atoms with Crippen molar-refractivity contribution < 1.29 is 14.3 Å². The number of benzene rings is 2. The predicted octanol–water partition coefficient (Wildman–Crippen LogP) is 5.63. The minimum Gasteiger partial charge on any atom is -0.383 e. The standard InChI is InChI=1S/C26H26Cl2N2O3S/c1-17-3-5-18(6-4-17)25-21-10-14-34-23(21)9-11-30(25)24(31)16-29(12-13-33-2)26(32)20-8-7-19(27)15-22(20)28/h3-8,10,14-15,25H,9,11-13,16H2,1-2H3. The molecule has 5 nitrogen and oxygen atoms in total. The number of halogens is 2. The first-order valence-corrected chi connectivity index (χ1v) is 12.7. The summed E-state index contributed by atoms with van der Waals surface area (Å²) >= 11 is 14.0. The van der Waals surface area contributed by atoms with Crippen LogP contribution in [0, 0.1) is 6.92 Å². The molecule has 8 heteroatoms. The molecule has 1 unspecified atom stereocenters. The number of hydrogen-bond acceptors (Lipinski definition) is 4. The van der Waals surface area contributed by atoms with E-state index in [1.165, 1.54) is 21.4 Å². The largest absolute Gasteiger partial charge is 0.383 e. The van der Waals surface area contributed by atoms with Crippen molar-refractivity contribution in [3.05, 3.63) is 91.1 Å². The van der Waals surface area contributed by atoms with Crippen LogP contribution in [0.15, 0.2) is 53.9 Å². The average molecular weight is 517 g/mol. The van der Waals surface area contributed by atoms with E-state index in [0.29, 0.717) is 23.7 Å². The predicted molar refractivity (Wildman–Crippen MR) is 137 cm³/mol. The summed E-state index contributed by atoms with van der Waals surface area (Å²) in [5.74, 6) is -0.441. The van der Waals surface area contributed by atoms with Crippen molar-refractivity contribution in [2.45, 2.75) is 19.4 Å². The Morgan fingerprint density at radius 2 is 1.91 bits per heavy atom. The number of methoxy groups -OCH3 is 1. The molecule has 34 heavy (non-hydrogen) atoms. The van der Waals surface area contributed by atoms with E-state index in [4.69, 9.17) is 27.9 Å². The molecular formula is C26H26Cl2N2O3S. The zero-order valence-corrected chi connectivity index (χ0v) is 21.4. The van der Waals surface area contributed by atoms with Gasteiger partial charge in [-0.3, -0.25) is 9.59 Å². The van der Waals surface area contributed by atoms with Crippen molar-refractivity contribution in [1.29, 1.82) is 0 Å². The number of fused-ring (bicyclic) bond motifs is 1. The summed E-state index contributed by atoms with van der Waals surface area (Å²) in [6.07, 6.45) is 0.802. The normalized spacial score (nSPS) is 15.2. The molecule has 0 spiro atoms. The molecule has 0 saturated heterocycles. The van der Waals surface area contributed by atoms with E-state index < -0.39 is 0 Å². The first-order valence-electron chi connectivity index (χ1n) is 11.0. The second-order valence-electron chi connectivity index (χ2n) is 8.29. The van der Waals surface area contributed by atoms with Crippen LogP contribution in [-0.4, -0.2) is 55.0 Å². The lowest BCUT2D eigenvalue weighted by atomic mass is 9.92. The van der Waals surface area contributed by atoms with Gasteiger partial charge in [0.25, 0.3) is 5.91 Å². The van der Waals surface area contributed by atoms with Crippen LogP contribution in [0.2, 0.25) is 10.0 Å². The molecule has 0 aliphatic carbocycles. The molecule has 2 amide bonds. The Hall–Kier alpha value is -2.38. The van der Waals surface area contributed by atoms with Crippen molar-refractivity contribution >= 4 is 46.4 Å². The van der Waals surface area contributed by atoms with Gasteiger partial charge in [-0.25, -0.2) is 0 Å². The lowest BCUT2D eigenvalue weighted by molar-refractivity contribution is -0.134. The molecule has 3 aromatic rings. The van der Waals surface area contributed by atoms with Gasteiger partial charge in [0.2, 0.25) is 5.91 Å². The highest BCUT2D eigenvalue weighted by atomic mass is 35.5. The Balaban J connectivity index is 1.62. The molecule has 1 aliphatic heterocycles. The van der Waals surface area contributed by atoms with Crippen LogP contribution in [0.3, 0.4) is 0 Å². The fourth-order valence-electron chi connectivity index (χ4n) is 4.23. The van der Waals surface area contributed by atoms with Crippen molar-refractivity contribution in [2.75, 3.05) is 33.4 Å². The molecule has 0 fully saturated rings. The minimum atomic E-state index is -0.327. The van der Waals surface area contributed by atoms with Crippen molar-refractivity contribution in [3.63, 3.8) is 0 Å². The molecule has 1 atom stereocenters. The molecule has 1 aromatic heterocycles. The number of carbonyl (C=O) groups is 2. The van der Waals surface area contributed by atoms with E-state index in [-0.39, 0.29) is 36.0 Å². The van der Waals surface area contributed by atoms with Crippen LogP contribution in [0.4, 0.5) is 0 Å². The van der Waals surface area contributed by atoms with E-state index in [1.807, 2.05) is 11.8 Å². The van der Waals surface area contributed by atoms with E-state index in [2.05, 4.69) is 35.7 Å². The summed E-state index contributed by atoms with van der Waals surface area (Å²) in [5, 5.41) is 2.78. The van der Waals surface area contributed by atoms with Crippen molar-refractivity contribution in [2.24, 2.45) is 0 Å². The maximum atomic E-state index is 13.7. The number of nitrogens with zero attached hydrogens (tertiary/aromatic N) is 2. The van der Waals surface area contributed by atoms with Gasteiger partial charge in [0, 0.05) is 30.1 Å². The van der Waals surface area contributed by atoms with Crippen LogP contribution < -0.4 is 0 Å². The number of amides is 2. The highest BCUT2D eigenvalue weighted by Gasteiger charge is 2.34. The average Bonchev–Trinajstić information content (AvgIpc) is 3.30. The highest BCUT2D eigenvalue weighted by molar-refractivity contribution is 7.10. The first kappa shape index (κ1) is 24.7. The topological polar surface area (TPSA) is 49.9 Å². The Labute approximate surface area is 213 Å². The SMILES string of the molecule is COCCN(CC(=O)N1CCc2sccc2C1c1ccc(C)cc1)C(=O)c1ccc(Cl)cc1Cl. The number of rotatable bonds is 7. The summed E-state index contributed by atoms with van der Waals surface area (Å²) in [7, 11) is 1.57. The molecule has 0 saturated carbocycles. The van der Waals surface area contributed by atoms with Crippen LogP contribution in [0.5, 0.6) is 0 Å². The first-order chi connectivity index (χ1) is 16.4. The molecule has 0 N–H and O–H groups in total. The van der Waals surface area contributed by atoms with Gasteiger partial charge in [0.1, 0.15) is 6.54 Å². The molecule has 2 aromatic carbocycles. The third-order valence-electron chi connectivity index (χ3n) is 6.02. The van der Waals surface area contributed by atoms with Crippen LogP contribution >= 0.6 is 34.5 Å². The fourth-order valence-corrected chi connectivity index (χ4v) is 5.63. The van der Waals surface area contributed by atoms with E-state index >= 15 is 0 Å². The quantitative estimate of drug-likeness (QED) is 0.409. The second kappa shape index (κ2) is 10.9. The monoisotopic (exact) mass is 516 g/mol. The Morgan fingerprint density at radius 3 is 2.62 bits per heavy atom. The minimum absolute atomic E-state index is 0.0665. The van der Waals surface area contributed by atoms with E-state index in [1.54, 1.807) is 30.6 Å². The van der Waals surface area contributed by atoms with E-state index in [9.17, 15) is 9.59 Å². The number of carbonyl (C=O) groups excluding carboxylic acids is 2. The molecule has 0 radical (unpaired) electrons. The van der Waals surface area contributed by atoms with Gasteiger partial charge < -0.3 is 14.5 Å². The van der Waals surface area contributed by atoms with E-state index in [0.717, 1.165) is 17.5 Å². The Bertz CT molecular complexity index is 1180. The lowest BCUT2D eigenvalue weighted by Gasteiger charge is -2.37. The third kappa shape index (κ3) is 5.31. The summed E-state index contributed by atoms with van der Waals surface area (Å²) < 4.78 is 5.20. The van der Waals surface area contributed by atoms with Gasteiger partial charge >= 0.3 is 0 Å². The smallest absolute Gasteiger partial charge is 0.255 e. The fraction of sp³-hybridized carbons (Fsp3) is 0.308. The number of aryl methyl sites for hydroxylation is 1. The van der Waals surface area contributed by atoms with Gasteiger partial charge in [0.05, 0.1) is 23.2 Å². The van der Waals surface area contributed by atoms with Crippen molar-refractivity contribution in [3.8, 4) is 0 Å². The maximum absolute atomic E-state index is 13.7. The number of hydrogen-bond donors (Lipinski definition) is 0. The van der Waals surface area contributed by atoms with Gasteiger partial charge in [-0.15, -0.1) is 11.3 Å². The molecule has 1 aliphatic rings. The summed E-state index contributed by atoms with van der Waals surface area (Å²) in [6, 6.07) is 14.9. The van der Waals surface area contributed by atoms with Crippen molar-refractivity contribution in [1.82, 2.24) is 9.80 Å². The molecule has 4 rings (SSSR count). The van der Waals surface area contributed by atoms with Crippen LogP contribution in [-0.2, 0) is 16.0 Å². The molecule has 178 valence electrons. The number of thiophene rings is 1. The second-order valence-corrected chi connectivity index (χ2v) is 10.1. The van der Waals surface area contributed by atoms with Gasteiger partial charge in [0.15, 0.2) is 0 Å². The number of ether oxygens (including phenoxy) is 1. The Morgan fingerprint density at radius 1 is 1.15 bits per heavy atom. The van der Waals surface area contributed by atoms with Crippen LogP contribution in [0.25, 0.3) is 0 Å².